The maximum atomic E-state index is 12.6. The van der Waals surface area contributed by atoms with Crippen LogP contribution in [0, 0.1) is 5.92 Å². The lowest BCUT2D eigenvalue weighted by molar-refractivity contribution is -0.117. The van der Waals surface area contributed by atoms with Crippen molar-refractivity contribution in [3.05, 3.63) is 29.8 Å². The minimum atomic E-state index is 0.0999. The average molecular weight is 300 g/mol. The Bertz CT molecular complexity index is 527. The largest absolute Gasteiger partial charge is 0.339 e. The van der Waals surface area contributed by atoms with E-state index in [1.54, 1.807) is 0 Å². The first-order chi connectivity index (χ1) is 10.7. The van der Waals surface area contributed by atoms with Crippen LogP contribution in [0.2, 0.25) is 0 Å². The van der Waals surface area contributed by atoms with Crippen molar-refractivity contribution in [1.29, 1.82) is 0 Å². The van der Waals surface area contributed by atoms with E-state index in [9.17, 15) is 9.59 Å². The van der Waals surface area contributed by atoms with Gasteiger partial charge in [-0.2, -0.15) is 0 Å². The topological polar surface area (TPSA) is 49.4 Å². The number of hydrogen-bond donors (Lipinski definition) is 1. The highest BCUT2D eigenvalue weighted by Crippen LogP contribution is 2.30. The number of rotatable bonds is 3. The number of amides is 2. The lowest BCUT2D eigenvalue weighted by Gasteiger charge is -2.25. The van der Waals surface area contributed by atoms with Crippen LogP contribution in [0.5, 0.6) is 0 Å². The molecule has 1 aliphatic carbocycles. The van der Waals surface area contributed by atoms with Crippen molar-refractivity contribution in [2.45, 2.75) is 44.9 Å². The Morgan fingerprint density at radius 3 is 2.09 bits per heavy atom. The van der Waals surface area contributed by atoms with Crippen molar-refractivity contribution in [2.75, 3.05) is 18.4 Å². The van der Waals surface area contributed by atoms with Crippen LogP contribution in [0.4, 0.5) is 5.69 Å². The summed E-state index contributed by atoms with van der Waals surface area (Å²) in [5.41, 5.74) is 1.49. The van der Waals surface area contributed by atoms with Gasteiger partial charge < -0.3 is 10.2 Å². The molecular formula is C18H24N2O2. The molecule has 118 valence electrons. The smallest absolute Gasteiger partial charge is 0.253 e. The Kier molecular flexibility index (Phi) is 4.76. The molecule has 1 saturated carbocycles. The number of benzene rings is 1. The summed E-state index contributed by atoms with van der Waals surface area (Å²) >= 11 is 0. The molecule has 4 nitrogen and oxygen atoms in total. The number of nitrogens with one attached hydrogen (secondary N) is 1. The van der Waals surface area contributed by atoms with Gasteiger partial charge in [0.25, 0.3) is 5.91 Å². The number of carbonyl (C=O) groups is 2. The Hall–Kier alpha value is -1.84. The molecule has 22 heavy (non-hydrogen) atoms. The zero-order valence-electron chi connectivity index (χ0n) is 13.0. The Morgan fingerprint density at radius 1 is 0.909 bits per heavy atom. The molecule has 1 heterocycles. The standard InChI is InChI=1S/C18H24N2O2/c21-17(14-6-7-14)19-16-10-8-15(9-11-16)18(22)20-12-4-2-1-3-5-13-20/h8-11,14H,1-7,12-13H2,(H,19,21). The van der Waals surface area contributed by atoms with Gasteiger partial charge in [-0.1, -0.05) is 19.3 Å². The summed E-state index contributed by atoms with van der Waals surface area (Å²) in [6.45, 7) is 1.72. The summed E-state index contributed by atoms with van der Waals surface area (Å²) in [5, 5.41) is 2.90. The van der Waals surface area contributed by atoms with Crippen molar-refractivity contribution < 1.29 is 9.59 Å². The van der Waals surface area contributed by atoms with Crippen LogP contribution in [-0.4, -0.2) is 29.8 Å². The monoisotopic (exact) mass is 300 g/mol. The van der Waals surface area contributed by atoms with Gasteiger partial charge in [0.05, 0.1) is 0 Å². The first-order valence-electron chi connectivity index (χ1n) is 8.44. The molecule has 1 aromatic carbocycles. The Labute approximate surface area is 131 Å². The van der Waals surface area contributed by atoms with Gasteiger partial charge in [0.15, 0.2) is 0 Å². The van der Waals surface area contributed by atoms with Gasteiger partial charge >= 0.3 is 0 Å². The van der Waals surface area contributed by atoms with E-state index >= 15 is 0 Å². The molecule has 1 N–H and O–H groups in total. The van der Waals surface area contributed by atoms with Gasteiger partial charge in [-0.25, -0.2) is 0 Å². The quantitative estimate of drug-likeness (QED) is 0.929. The molecular weight excluding hydrogens is 276 g/mol. The second kappa shape index (κ2) is 6.95. The maximum Gasteiger partial charge on any atom is 0.253 e. The first-order valence-corrected chi connectivity index (χ1v) is 8.44. The van der Waals surface area contributed by atoms with Crippen molar-refractivity contribution in [3.8, 4) is 0 Å². The molecule has 2 aliphatic rings. The van der Waals surface area contributed by atoms with Crippen LogP contribution in [0.3, 0.4) is 0 Å². The SMILES string of the molecule is O=C(Nc1ccc(C(=O)N2CCCCCCC2)cc1)C1CC1. The Balaban J connectivity index is 1.60. The van der Waals surface area contributed by atoms with Gasteiger partial charge in [0, 0.05) is 30.3 Å². The number of nitrogens with zero attached hydrogens (tertiary/aromatic N) is 1. The molecule has 0 atom stereocenters. The minimum Gasteiger partial charge on any atom is -0.339 e. The summed E-state index contributed by atoms with van der Waals surface area (Å²) in [4.78, 5) is 26.2. The highest BCUT2D eigenvalue weighted by Gasteiger charge is 2.29. The van der Waals surface area contributed by atoms with E-state index in [4.69, 9.17) is 0 Å². The molecule has 1 saturated heterocycles. The van der Waals surface area contributed by atoms with Crippen molar-refractivity contribution >= 4 is 17.5 Å². The molecule has 4 heteroatoms. The summed E-state index contributed by atoms with van der Waals surface area (Å²) in [7, 11) is 0. The van der Waals surface area contributed by atoms with E-state index in [1.165, 1.54) is 19.3 Å². The minimum absolute atomic E-state index is 0.0999. The molecule has 2 fully saturated rings. The zero-order valence-corrected chi connectivity index (χ0v) is 13.0. The summed E-state index contributed by atoms with van der Waals surface area (Å²) in [6.07, 6.45) is 7.92. The van der Waals surface area contributed by atoms with E-state index in [0.29, 0.717) is 5.56 Å². The summed E-state index contributed by atoms with van der Waals surface area (Å²) < 4.78 is 0. The van der Waals surface area contributed by atoms with Crippen LogP contribution in [0.1, 0.15) is 55.3 Å². The van der Waals surface area contributed by atoms with Crippen LogP contribution < -0.4 is 5.32 Å². The van der Waals surface area contributed by atoms with Crippen molar-refractivity contribution in [1.82, 2.24) is 4.90 Å². The molecule has 2 amide bonds. The van der Waals surface area contributed by atoms with Crippen LogP contribution in [-0.2, 0) is 4.79 Å². The third-order valence-electron chi connectivity index (χ3n) is 4.49. The maximum absolute atomic E-state index is 12.6. The third kappa shape index (κ3) is 3.87. The third-order valence-corrected chi connectivity index (χ3v) is 4.49. The molecule has 1 aliphatic heterocycles. The van der Waals surface area contributed by atoms with Crippen LogP contribution >= 0.6 is 0 Å². The molecule has 0 aromatic heterocycles. The fourth-order valence-corrected chi connectivity index (χ4v) is 2.92. The number of anilines is 1. The molecule has 3 rings (SSSR count). The number of hydrogen-bond acceptors (Lipinski definition) is 2. The van der Waals surface area contributed by atoms with Crippen LogP contribution in [0.15, 0.2) is 24.3 Å². The van der Waals surface area contributed by atoms with Crippen LogP contribution in [0.25, 0.3) is 0 Å². The van der Waals surface area contributed by atoms with E-state index in [1.807, 2.05) is 29.2 Å². The van der Waals surface area contributed by atoms with Gasteiger partial charge in [0.1, 0.15) is 0 Å². The van der Waals surface area contributed by atoms with E-state index in [-0.39, 0.29) is 17.7 Å². The van der Waals surface area contributed by atoms with Crippen molar-refractivity contribution in [2.24, 2.45) is 5.92 Å². The molecule has 1 aromatic rings. The lowest BCUT2D eigenvalue weighted by atomic mass is 10.1. The first kappa shape index (κ1) is 15.1. The molecule has 0 spiro atoms. The second-order valence-electron chi connectivity index (χ2n) is 6.40. The van der Waals surface area contributed by atoms with Gasteiger partial charge in [0.2, 0.25) is 5.91 Å². The summed E-state index contributed by atoms with van der Waals surface area (Å²) in [5.74, 6) is 0.409. The van der Waals surface area contributed by atoms with Gasteiger partial charge in [-0.05, 0) is 49.9 Å². The van der Waals surface area contributed by atoms with E-state index in [0.717, 1.165) is 44.5 Å². The average Bonchev–Trinajstić information content (AvgIpc) is 3.32. The fraction of sp³-hybridized carbons (Fsp3) is 0.556. The zero-order chi connectivity index (χ0) is 15.4. The predicted molar refractivity (Wildman–Crippen MR) is 86.8 cm³/mol. The van der Waals surface area contributed by atoms with E-state index in [2.05, 4.69) is 5.32 Å². The molecule has 0 bridgehead atoms. The van der Waals surface area contributed by atoms with Gasteiger partial charge in [-0.3, -0.25) is 9.59 Å². The highest BCUT2D eigenvalue weighted by molar-refractivity contribution is 5.96. The molecule has 0 radical (unpaired) electrons. The summed E-state index contributed by atoms with van der Waals surface area (Å²) in [6, 6.07) is 7.31. The Morgan fingerprint density at radius 2 is 1.50 bits per heavy atom. The highest BCUT2D eigenvalue weighted by atomic mass is 16.2. The number of carbonyl (C=O) groups excluding carboxylic acids is 2. The number of likely N-dealkylation sites (tertiary alicyclic amines) is 1. The lowest BCUT2D eigenvalue weighted by Crippen LogP contribution is -2.33. The van der Waals surface area contributed by atoms with Gasteiger partial charge in [-0.15, -0.1) is 0 Å². The second-order valence-corrected chi connectivity index (χ2v) is 6.40. The van der Waals surface area contributed by atoms with E-state index < -0.39 is 0 Å². The molecule has 0 unspecified atom stereocenters. The predicted octanol–water partition coefficient (Wildman–Crippen LogP) is 3.44. The normalized spacial score (nSPS) is 19.2. The van der Waals surface area contributed by atoms with Crippen molar-refractivity contribution in [3.63, 3.8) is 0 Å². The fourth-order valence-electron chi connectivity index (χ4n) is 2.92.